The first kappa shape index (κ1) is 17.1. The molecule has 0 spiro atoms. The van der Waals surface area contributed by atoms with Crippen LogP contribution in [0.3, 0.4) is 0 Å². The van der Waals surface area contributed by atoms with E-state index in [0.29, 0.717) is 6.61 Å². The maximum absolute atomic E-state index is 5.88. The molecule has 0 bridgehead atoms. The van der Waals surface area contributed by atoms with Crippen LogP contribution < -0.4 is 9.64 Å². The van der Waals surface area contributed by atoms with E-state index in [4.69, 9.17) is 4.74 Å². The number of hydrogen-bond acceptors (Lipinski definition) is 7. The fourth-order valence-corrected chi connectivity index (χ4v) is 3.86. The molecule has 2 aliphatic heterocycles. The van der Waals surface area contributed by atoms with E-state index in [2.05, 4.69) is 40.6 Å². The molecule has 4 heterocycles. The summed E-state index contributed by atoms with van der Waals surface area (Å²) >= 11 is 0. The fraction of sp³-hybridized carbons (Fsp3) is 0.400. The van der Waals surface area contributed by atoms with Crippen molar-refractivity contribution >= 4 is 5.95 Å². The molecule has 3 aromatic rings. The second kappa shape index (κ2) is 7.55. The largest absolute Gasteiger partial charge is 0.491 e. The van der Waals surface area contributed by atoms with Crippen molar-refractivity contribution in [1.82, 2.24) is 29.6 Å². The van der Waals surface area contributed by atoms with Crippen LogP contribution in [0, 0.1) is 0 Å². The average Bonchev–Trinajstić information content (AvgIpc) is 3.06. The van der Waals surface area contributed by atoms with E-state index in [0.717, 1.165) is 74.6 Å². The van der Waals surface area contributed by atoms with Crippen LogP contribution in [-0.4, -0.2) is 69.0 Å². The molecule has 28 heavy (non-hydrogen) atoms. The molecule has 2 aliphatic rings. The van der Waals surface area contributed by atoms with Gasteiger partial charge in [-0.1, -0.05) is 12.1 Å². The van der Waals surface area contributed by atoms with E-state index in [1.807, 2.05) is 24.3 Å². The first-order chi connectivity index (χ1) is 13.9. The number of para-hydroxylation sites is 1. The number of benzene rings is 1. The summed E-state index contributed by atoms with van der Waals surface area (Å²) in [4.78, 5) is 13.4. The maximum Gasteiger partial charge on any atom is 0.225 e. The Balaban J connectivity index is 1.23. The molecule has 0 radical (unpaired) electrons. The van der Waals surface area contributed by atoms with Gasteiger partial charge in [-0.3, -0.25) is 4.90 Å². The molecule has 1 saturated heterocycles. The van der Waals surface area contributed by atoms with Gasteiger partial charge in [-0.25, -0.2) is 9.97 Å². The van der Waals surface area contributed by atoms with Gasteiger partial charge in [-0.15, -0.1) is 10.2 Å². The monoisotopic (exact) mass is 377 g/mol. The van der Waals surface area contributed by atoms with Crippen LogP contribution in [-0.2, 0) is 13.0 Å². The van der Waals surface area contributed by atoms with Crippen molar-refractivity contribution in [2.45, 2.75) is 13.0 Å². The van der Waals surface area contributed by atoms with Crippen molar-refractivity contribution in [3.63, 3.8) is 0 Å². The third-order valence-corrected chi connectivity index (χ3v) is 5.39. The van der Waals surface area contributed by atoms with Gasteiger partial charge in [0.15, 0.2) is 5.82 Å². The molecular formula is C20H23N7O. The number of hydrogen-bond donors (Lipinski definition) is 0. The minimum Gasteiger partial charge on any atom is -0.491 e. The summed E-state index contributed by atoms with van der Waals surface area (Å²) in [6.45, 7) is 6.31. The van der Waals surface area contributed by atoms with Gasteiger partial charge in [-0.2, -0.15) is 0 Å². The highest BCUT2D eigenvalue weighted by molar-refractivity contribution is 5.64. The van der Waals surface area contributed by atoms with Crippen molar-refractivity contribution < 1.29 is 4.74 Å². The van der Waals surface area contributed by atoms with Crippen molar-refractivity contribution in [3.8, 4) is 17.1 Å². The maximum atomic E-state index is 5.88. The molecule has 5 rings (SSSR count). The van der Waals surface area contributed by atoms with Gasteiger partial charge in [0.2, 0.25) is 5.95 Å². The normalized spacial score (nSPS) is 16.8. The van der Waals surface area contributed by atoms with Gasteiger partial charge in [0.05, 0.1) is 12.1 Å². The zero-order chi connectivity index (χ0) is 18.8. The number of rotatable bonds is 4. The summed E-state index contributed by atoms with van der Waals surface area (Å²) in [6.07, 6.45) is 4.48. The first-order valence-electron chi connectivity index (χ1n) is 9.77. The van der Waals surface area contributed by atoms with E-state index in [1.54, 1.807) is 12.4 Å². The Labute approximate surface area is 163 Å². The van der Waals surface area contributed by atoms with E-state index < -0.39 is 0 Å². The Bertz CT molecular complexity index is 935. The zero-order valence-corrected chi connectivity index (χ0v) is 15.7. The molecule has 0 aliphatic carbocycles. The molecule has 0 saturated carbocycles. The van der Waals surface area contributed by atoms with Gasteiger partial charge in [0.1, 0.15) is 18.2 Å². The highest BCUT2D eigenvalue weighted by Crippen LogP contribution is 2.31. The standard InChI is InChI=1S/C20H23N7O/c1-2-5-17-16(4-1)19-24-23-18(27(19)14-15-28-17)6-9-25-10-12-26(13-11-25)20-21-7-3-8-22-20/h1-5,7-8H,6,9-15H2. The quantitative estimate of drug-likeness (QED) is 0.682. The van der Waals surface area contributed by atoms with E-state index in [1.165, 1.54) is 0 Å². The molecule has 1 aromatic carbocycles. The Morgan fingerprint density at radius 3 is 2.57 bits per heavy atom. The topological polar surface area (TPSA) is 72.2 Å². The number of ether oxygens (including phenoxy) is 1. The van der Waals surface area contributed by atoms with Crippen LogP contribution in [0.5, 0.6) is 5.75 Å². The Hall–Kier alpha value is -3.00. The molecule has 8 heteroatoms. The molecule has 0 unspecified atom stereocenters. The van der Waals surface area contributed by atoms with E-state index >= 15 is 0 Å². The van der Waals surface area contributed by atoms with Crippen LogP contribution in [0.25, 0.3) is 11.4 Å². The molecule has 8 nitrogen and oxygen atoms in total. The van der Waals surface area contributed by atoms with Crippen LogP contribution >= 0.6 is 0 Å². The molecule has 144 valence electrons. The van der Waals surface area contributed by atoms with Crippen molar-refractivity contribution in [3.05, 3.63) is 48.5 Å². The summed E-state index contributed by atoms with van der Waals surface area (Å²) in [6, 6.07) is 9.91. The number of piperazine rings is 1. The lowest BCUT2D eigenvalue weighted by atomic mass is 10.2. The van der Waals surface area contributed by atoms with Crippen molar-refractivity contribution in [2.75, 3.05) is 44.2 Å². The second-order valence-corrected chi connectivity index (χ2v) is 7.06. The lowest BCUT2D eigenvalue weighted by Gasteiger charge is -2.34. The van der Waals surface area contributed by atoms with Gasteiger partial charge < -0.3 is 14.2 Å². The van der Waals surface area contributed by atoms with Gasteiger partial charge >= 0.3 is 0 Å². The summed E-state index contributed by atoms with van der Waals surface area (Å²) in [5.41, 5.74) is 1.02. The molecule has 0 atom stereocenters. The van der Waals surface area contributed by atoms with Crippen LogP contribution in [0.15, 0.2) is 42.7 Å². The molecule has 2 aromatic heterocycles. The van der Waals surface area contributed by atoms with Crippen molar-refractivity contribution in [1.29, 1.82) is 0 Å². The predicted octanol–water partition coefficient (Wildman–Crippen LogP) is 1.49. The Kier molecular flexibility index (Phi) is 4.62. The predicted molar refractivity (Wildman–Crippen MR) is 105 cm³/mol. The third kappa shape index (κ3) is 3.31. The lowest BCUT2D eigenvalue weighted by Crippen LogP contribution is -2.47. The molecule has 1 fully saturated rings. The Morgan fingerprint density at radius 1 is 0.893 bits per heavy atom. The average molecular weight is 377 g/mol. The lowest BCUT2D eigenvalue weighted by molar-refractivity contribution is 0.256. The fourth-order valence-electron chi connectivity index (χ4n) is 3.86. The van der Waals surface area contributed by atoms with Crippen LogP contribution in [0.1, 0.15) is 5.82 Å². The second-order valence-electron chi connectivity index (χ2n) is 7.06. The molecule has 0 N–H and O–H groups in total. The van der Waals surface area contributed by atoms with Crippen LogP contribution in [0.2, 0.25) is 0 Å². The van der Waals surface area contributed by atoms with Gasteiger partial charge in [0.25, 0.3) is 0 Å². The van der Waals surface area contributed by atoms with Crippen molar-refractivity contribution in [2.24, 2.45) is 0 Å². The smallest absolute Gasteiger partial charge is 0.225 e. The van der Waals surface area contributed by atoms with E-state index in [9.17, 15) is 0 Å². The molecular weight excluding hydrogens is 354 g/mol. The minimum absolute atomic E-state index is 0.644. The number of nitrogens with zero attached hydrogens (tertiary/aromatic N) is 7. The summed E-state index contributed by atoms with van der Waals surface area (Å²) < 4.78 is 8.08. The zero-order valence-electron chi connectivity index (χ0n) is 15.7. The summed E-state index contributed by atoms with van der Waals surface area (Å²) in [7, 11) is 0. The molecule has 0 amide bonds. The van der Waals surface area contributed by atoms with Gasteiger partial charge in [-0.05, 0) is 18.2 Å². The summed E-state index contributed by atoms with van der Waals surface area (Å²) in [5.74, 6) is 3.65. The summed E-state index contributed by atoms with van der Waals surface area (Å²) in [5, 5.41) is 8.95. The number of fused-ring (bicyclic) bond motifs is 3. The third-order valence-electron chi connectivity index (χ3n) is 5.39. The highest BCUT2D eigenvalue weighted by atomic mass is 16.5. The van der Waals surface area contributed by atoms with Gasteiger partial charge in [0, 0.05) is 51.5 Å². The van der Waals surface area contributed by atoms with E-state index in [-0.39, 0.29) is 0 Å². The number of aromatic nitrogens is 5. The van der Waals surface area contributed by atoms with Crippen LogP contribution in [0.4, 0.5) is 5.95 Å². The first-order valence-corrected chi connectivity index (χ1v) is 9.77. The minimum atomic E-state index is 0.644. The Morgan fingerprint density at radius 2 is 1.71 bits per heavy atom. The number of anilines is 1. The highest BCUT2D eigenvalue weighted by Gasteiger charge is 2.22. The SMILES string of the molecule is c1cnc(N2CCN(CCc3nnc4n3CCOc3ccccc3-4)CC2)nc1.